The fourth-order valence-electron chi connectivity index (χ4n) is 4.11. The third-order valence-corrected chi connectivity index (χ3v) is 5.70. The van der Waals surface area contributed by atoms with Crippen LogP contribution in [0.1, 0.15) is 36.1 Å². The molecule has 0 bridgehead atoms. The van der Waals surface area contributed by atoms with Crippen molar-refractivity contribution in [3.05, 3.63) is 71.0 Å². The van der Waals surface area contributed by atoms with Gasteiger partial charge in [-0.1, -0.05) is 30.3 Å². The molecule has 0 radical (unpaired) electrons. The van der Waals surface area contributed by atoms with Crippen molar-refractivity contribution in [1.82, 2.24) is 4.90 Å². The number of aliphatic hydroxyl groups excluding tert-OH is 1. The lowest BCUT2D eigenvalue weighted by Gasteiger charge is -2.28. The lowest BCUT2D eigenvalue weighted by molar-refractivity contribution is -0.116. The molecule has 0 saturated heterocycles. The van der Waals surface area contributed by atoms with E-state index in [1.165, 1.54) is 17.7 Å². The zero-order valence-electron chi connectivity index (χ0n) is 16.1. The highest BCUT2D eigenvalue weighted by molar-refractivity contribution is 5.93. The van der Waals surface area contributed by atoms with E-state index in [4.69, 9.17) is 0 Å². The van der Waals surface area contributed by atoms with Gasteiger partial charge in [0.2, 0.25) is 5.91 Å². The molecule has 0 spiro atoms. The van der Waals surface area contributed by atoms with Gasteiger partial charge in [-0.2, -0.15) is 0 Å². The third-order valence-electron chi connectivity index (χ3n) is 5.70. The molecular formula is C23H25FN2O2. The summed E-state index contributed by atoms with van der Waals surface area (Å²) < 4.78 is 13.1. The summed E-state index contributed by atoms with van der Waals surface area (Å²) in [5, 5.41) is 10.7. The molecule has 0 aromatic heterocycles. The fourth-order valence-corrected chi connectivity index (χ4v) is 4.11. The minimum Gasteiger partial charge on any atom is -0.387 e. The number of carbonyl (C=O) groups is 1. The normalized spacial score (nSPS) is 18.0. The molecule has 1 amide bonds. The Labute approximate surface area is 164 Å². The SMILES string of the molecule is CC(=O)N1CCc2cc(C(O)CN3CC=C(c4ccc(F)cc4)CC3)ccc21. The molecule has 1 atom stereocenters. The smallest absolute Gasteiger partial charge is 0.223 e. The van der Waals surface area contributed by atoms with Crippen molar-refractivity contribution in [1.29, 1.82) is 0 Å². The Hall–Kier alpha value is -2.50. The van der Waals surface area contributed by atoms with Crippen molar-refractivity contribution >= 4 is 17.2 Å². The van der Waals surface area contributed by atoms with E-state index in [9.17, 15) is 14.3 Å². The van der Waals surface area contributed by atoms with Gasteiger partial charge in [-0.15, -0.1) is 0 Å². The predicted octanol–water partition coefficient (Wildman–Crippen LogP) is 3.56. The molecule has 0 fully saturated rings. The molecule has 28 heavy (non-hydrogen) atoms. The average Bonchev–Trinajstić information content (AvgIpc) is 3.13. The second kappa shape index (κ2) is 7.86. The van der Waals surface area contributed by atoms with Gasteiger partial charge < -0.3 is 10.0 Å². The molecule has 0 saturated carbocycles. The number of hydrogen-bond acceptors (Lipinski definition) is 3. The number of carbonyl (C=O) groups excluding carboxylic acids is 1. The summed E-state index contributed by atoms with van der Waals surface area (Å²) >= 11 is 0. The first kappa shape index (κ1) is 18.8. The van der Waals surface area contributed by atoms with E-state index in [1.807, 2.05) is 30.3 Å². The van der Waals surface area contributed by atoms with Crippen molar-refractivity contribution in [2.75, 3.05) is 31.1 Å². The van der Waals surface area contributed by atoms with Crippen LogP contribution in [-0.4, -0.2) is 42.1 Å². The molecule has 2 aromatic carbocycles. The maximum Gasteiger partial charge on any atom is 0.223 e. The molecule has 1 N–H and O–H groups in total. The van der Waals surface area contributed by atoms with Crippen molar-refractivity contribution in [2.45, 2.75) is 25.9 Å². The second-order valence-corrected chi connectivity index (χ2v) is 7.57. The first-order chi connectivity index (χ1) is 13.5. The number of halogens is 1. The minimum absolute atomic E-state index is 0.0594. The van der Waals surface area contributed by atoms with Crippen LogP contribution in [0.15, 0.2) is 48.5 Å². The minimum atomic E-state index is -0.558. The largest absolute Gasteiger partial charge is 0.387 e. The van der Waals surface area contributed by atoms with Crippen LogP contribution in [0.4, 0.5) is 10.1 Å². The van der Waals surface area contributed by atoms with E-state index in [1.54, 1.807) is 11.8 Å². The van der Waals surface area contributed by atoms with Gasteiger partial charge >= 0.3 is 0 Å². The Balaban J connectivity index is 1.39. The quantitative estimate of drug-likeness (QED) is 0.882. The van der Waals surface area contributed by atoms with Crippen molar-refractivity contribution < 1.29 is 14.3 Å². The second-order valence-electron chi connectivity index (χ2n) is 7.57. The highest BCUT2D eigenvalue weighted by atomic mass is 19.1. The van der Waals surface area contributed by atoms with E-state index >= 15 is 0 Å². The number of nitrogens with zero attached hydrogens (tertiary/aromatic N) is 2. The Kier molecular flexibility index (Phi) is 5.29. The summed E-state index contributed by atoms with van der Waals surface area (Å²) in [6.07, 6.45) is 3.33. The van der Waals surface area contributed by atoms with Gasteiger partial charge in [0.05, 0.1) is 6.10 Å². The standard InChI is InChI=1S/C23H25FN2O2/c1-16(27)26-13-10-19-14-20(4-7-22(19)26)23(28)15-25-11-8-18(9-12-25)17-2-5-21(24)6-3-17/h2-8,14,23,28H,9-13,15H2,1H3. The number of anilines is 1. The van der Waals surface area contributed by atoms with Crippen LogP contribution in [0.2, 0.25) is 0 Å². The summed E-state index contributed by atoms with van der Waals surface area (Å²) in [4.78, 5) is 15.7. The zero-order valence-corrected chi connectivity index (χ0v) is 16.1. The Morgan fingerprint density at radius 3 is 2.61 bits per heavy atom. The maximum atomic E-state index is 13.1. The highest BCUT2D eigenvalue weighted by Crippen LogP contribution is 2.31. The molecule has 5 heteroatoms. The van der Waals surface area contributed by atoms with Gasteiger partial charge in [-0.3, -0.25) is 9.69 Å². The Bertz CT molecular complexity index is 907. The van der Waals surface area contributed by atoms with Gasteiger partial charge in [0, 0.05) is 38.8 Å². The molecule has 2 aliphatic heterocycles. The maximum absolute atomic E-state index is 13.1. The summed E-state index contributed by atoms with van der Waals surface area (Å²) in [7, 11) is 0. The Morgan fingerprint density at radius 1 is 1.14 bits per heavy atom. The molecular weight excluding hydrogens is 355 g/mol. The van der Waals surface area contributed by atoms with Gasteiger partial charge in [0.1, 0.15) is 5.82 Å². The molecule has 2 aliphatic rings. The molecule has 4 nitrogen and oxygen atoms in total. The summed E-state index contributed by atoms with van der Waals surface area (Å²) in [5.41, 5.74) is 5.29. The van der Waals surface area contributed by atoms with E-state index in [-0.39, 0.29) is 11.7 Å². The first-order valence-corrected chi connectivity index (χ1v) is 9.77. The van der Waals surface area contributed by atoms with E-state index in [2.05, 4.69) is 11.0 Å². The van der Waals surface area contributed by atoms with E-state index < -0.39 is 6.10 Å². The number of fused-ring (bicyclic) bond motifs is 1. The number of benzene rings is 2. The first-order valence-electron chi connectivity index (χ1n) is 9.77. The van der Waals surface area contributed by atoms with Crippen LogP contribution in [-0.2, 0) is 11.2 Å². The van der Waals surface area contributed by atoms with Gasteiger partial charge in [-0.25, -0.2) is 4.39 Å². The van der Waals surface area contributed by atoms with Crippen molar-refractivity contribution in [2.24, 2.45) is 0 Å². The van der Waals surface area contributed by atoms with Crippen LogP contribution in [0.25, 0.3) is 5.57 Å². The Morgan fingerprint density at radius 2 is 1.93 bits per heavy atom. The average molecular weight is 380 g/mol. The monoisotopic (exact) mass is 380 g/mol. The number of β-amino-alcohol motifs (C(OH)–C–C–N with tert-alkyl or cyclic N) is 1. The van der Waals surface area contributed by atoms with E-state index in [0.29, 0.717) is 13.1 Å². The summed E-state index contributed by atoms with van der Waals surface area (Å²) in [6.45, 7) is 4.51. The molecule has 146 valence electrons. The number of aliphatic hydroxyl groups is 1. The molecule has 4 rings (SSSR count). The van der Waals surface area contributed by atoms with Gasteiger partial charge in [0.15, 0.2) is 0 Å². The van der Waals surface area contributed by atoms with Crippen LogP contribution in [0, 0.1) is 5.82 Å². The summed E-state index contributed by atoms with van der Waals surface area (Å²) in [6, 6.07) is 12.5. The topological polar surface area (TPSA) is 43.8 Å². The predicted molar refractivity (Wildman–Crippen MR) is 109 cm³/mol. The van der Waals surface area contributed by atoms with Gasteiger partial charge in [0.25, 0.3) is 0 Å². The number of amides is 1. The number of hydrogen-bond donors (Lipinski definition) is 1. The van der Waals surface area contributed by atoms with Gasteiger partial charge in [-0.05, 0) is 53.3 Å². The molecule has 0 aliphatic carbocycles. The van der Waals surface area contributed by atoms with Crippen LogP contribution in [0.5, 0.6) is 0 Å². The highest BCUT2D eigenvalue weighted by Gasteiger charge is 2.24. The van der Waals surface area contributed by atoms with Crippen LogP contribution in [0.3, 0.4) is 0 Å². The fraction of sp³-hybridized carbons (Fsp3) is 0.348. The molecule has 2 heterocycles. The zero-order chi connectivity index (χ0) is 19.7. The summed E-state index contributed by atoms with van der Waals surface area (Å²) in [5.74, 6) is -0.158. The van der Waals surface area contributed by atoms with Crippen LogP contribution < -0.4 is 4.90 Å². The molecule has 1 unspecified atom stereocenters. The third kappa shape index (κ3) is 3.86. The lowest BCUT2D eigenvalue weighted by atomic mass is 9.98. The van der Waals surface area contributed by atoms with Crippen LogP contribution >= 0.6 is 0 Å². The molecule has 2 aromatic rings. The van der Waals surface area contributed by atoms with Crippen molar-refractivity contribution in [3.63, 3.8) is 0 Å². The van der Waals surface area contributed by atoms with E-state index in [0.717, 1.165) is 48.3 Å². The lowest BCUT2D eigenvalue weighted by Crippen LogP contribution is -2.32. The van der Waals surface area contributed by atoms with Crippen molar-refractivity contribution in [3.8, 4) is 0 Å². The number of rotatable bonds is 4.